The molecule has 200 valence electrons. The van der Waals surface area contributed by atoms with Crippen molar-refractivity contribution >= 4 is 56.8 Å². The van der Waals surface area contributed by atoms with Crippen LogP contribution < -0.4 is 15.1 Å². The number of fused-ring (bicyclic) bond motifs is 1. The Morgan fingerprint density at radius 2 is 1.58 bits per heavy atom. The summed E-state index contributed by atoms with van der Waals surface area (Å²) in [7, 11) is -1.69. The Morgan fingerprint density at radius 3 is 2.13 bits per heavy atom. The highest BCUT2D eigenvalue weighted by molar-refractivity contribution is 7.89. The third kappa shape index (κ3) is 3.84. The average molecular weight is 540 g/mol. The maximum absolute atomic E-state index is 12.9. The molecule has 1 saturated heterocycles. The number of carbonyl (C=O) groups is 2. The fourth-order valence-corrected chi connectivity index (χ4v) is 5.41. The molecular formula is C25H29BN4O7S. The highest BCUT2D eigenvalue weighted by atomic mass is 32.2. The number of anilines is 2. The first-order valence-electron chi connectivity index (χ1n) is 12.0. The molecule has 13 heteroatoms. The summed E-state index contributed by atoms with van der Waals surface area (Å²) >= 11 is 0. The van der Waals surface area contributed by atoms with E-state index < -0.39 is 34.3 Å². The van der Waals surface area contributed by atoms with Crippen molar-refractivity contribution < 1.29 is 32.1 Å². The molecule has 2 aromatic carbocycles. The van der Waals surface area contributed by atoms with Gasteiger partial charge >= 0.3 is 7.12 Å². The first-order valence-corrected chi connectivity index (χ1v) is 13.5. The summed E-state index contributed by atoms with van der Waals surface area (Å²) in [6.45, 7) is 10.5. The van der Waals surface area contributed by atoms with E-state index in [2.05, 4.69) is 5.10 Å². The number of amides is 1. The van der Waals surface area contributed by atoms with Gasteiger partial charge in [0, 0.05) is 34.0 Å². The van der Waals surface area contributed by atoms with Crippen LogP contribution in [0.1, 0.15) is 46.3 Å². The van der Waals surface area contributed by atoms with Crippen LogP contribution in [0.3, 0.4) is 0 Å². The molecule has 0 bridgehead atoms. The lowest BCUT2D eigenvalue weighted by molar-refractivity contribution is -0.115. The number of rotatable bonds is 3. The largest absolute Gasteiger partial charge is 0.495 e. The van der Waals surface area contributed by atoms with E-state index in [1.165, 1.54) is 55.7 Å². The molecule has 1 fully saturated rings. The minimum absolute atomic E-state index is 0.00329. The number of aromatic nitrogens is 2. The standard InChI is InChI=1S/C25H29BN4O7S/c1-14(31)29-18-10-9-17(38(33,34)28(7)8)13-20(18)35-21-12-16(26-36-24(3,4)25(5,6)37-26)11-19-22(21)23(29)27-30(19)15(2)32/h9-13H,1-8H3. The molecule has 0 N–H and O–H groups in total. The molecule has 38 heavy (non-hydrogen) atoms. The van der Waals surface area contributed by atoms with E-state index >= 15 is 0 Å². The molecule has 3 aromatic rings. The molecule has 3 heterocycles. The minimum atomic E-state index is -3.79. The predicted octanol–water partition coefficient (Wildman–Crippen LogP) is 3.04. The summed E-state index contributed by atoms with van der Waals surface area (Å²) in [5, 5.41) is 4.91. The SMILES string of the molecule is CC(=O)N1c2ccc(S(=O)(=O)N(C)C)cc2Oc2cc(B3OC(C)(C)C(C)(C)O3)cc3c2c1nn3C(C)=O. The van der Waals surface area contributed by atoms with Crippen molar-refractivity contribution in [1.82, 2.24) is 14.1 Å². The van der Waals surface area contributed by atoms with Crippen LogP contribution in [0, 0.1) is 0 Å². The van der Waals surface area contributed by atoms with E-state index in [4.69, 9.17) is 14.0 Å². The summed E-state index contributed by atoms with van der Waals surface area (Å²) < 4.78 is 46.8. The van der Waals surface area contributed by atoms with Crippen molar-refractivity contribution in [3.8, 4) is 11.5 Å². The minimum Gasteiger partial charge on any atom is -0.454 e. The van der Waals surface area contributed by atoms with E-state index in [-0.39, 0.29) is 28.1 Å². The van der Waals surface area contributed by atoms with E-state index in [0.717, 1.165) is 4.31 Å². The van der Waals surface area contributed by atoms with Gasteiger partial charge in [0.15, 0.2) is 11.6 Å². The van der Waals surface area contributed by atoms with Crippen LogP contribution >= 0.6 is 0 Å². The van der Waals surface area contributed by atoms with Crippen molar-refractivity contribution in [1.29, 1.82) is 0 Å². The fraction of sp³-hybridized carbons (Fsp3) is 0.400. The van der Waals surface area contributed by atoms with Gasteiger partial charge in [-0.2, -0.15) is 4.68 Å². The fourth-order valence-electron chi connectivity index (χ4n) is 4.49. The molecule has 0 spiro atoms. The highest BCUT2D eigenvalue weighted by Crippen LogP contribution is 2.47. The molecule has 0 unspecified atom stereocenters. The van der Waals surface area contributed by atoms with E-state index in [0.29, 0.717) is 22.1 Å². The molecule has 1 amide bonds. The van der Waals surface area contributed by atoms with Gasteiger partial charge in [0.2, 0.25) is 21.8 Å². The molecule has 0 saturated carbocycles. The first-order chi connectivity index (χ1) is 17.5. The molecule has 0 aliphatic carbocycles. The topological polar surface area (TPSA) is 120 Å². The number of sulfonamides is 1. The maximum Gasteiger partial charge on any atom is 0.495 e. The number of hydrogen-bond acceptors (Lipinski definition) is 8. The smallest absolute Gasteiger partial charge is 0.454 e. The summed E-state index contributed by atoms with van der Waals surface area (Å²) in [5.74, 6) is -0.145. The monoisotopic (exact) mass is 540 g/mol. The van der Waals surface area contributed by atoms with Crippen LogP contribution in [0.5, 0.6) is 11.5 Å². The molecule has 0 atom stereocenters. The van der Waals surface area contributed by atoms with Crippen LogP contribution in [0.4, 0.5) is 11.5 Å². The second-order valence-corrected chi connectivity index (χ2v) is 12.8. The van der Waals surface area contributed by atoms with Gasteiger partial charge in [-0.05, 0) is 57.4 Å². The van der Waals surface area contributed by atoms with Gasteiger partial charge in [0.1, 0.15) is 5.75 Å². The number of nitrogens with zero attached hydrogens (tertiary/aromatic N) is 4. The van der Waals surface area contributed by atoms with Gasteiger partial charge in [-0.15, -0.1) is 5.10 Å². The van der Waals surface area contributed by atoms with Crippen LogP contribution in [0.15, 0.2) is 35.2 Å². The van der Waals surface area contributed by atoms with Crippen LogP contribution in [0.2, 0.25) is 0 Å². The van der Waals surface area contributed by atoms with E-state index in [1.54, 1.807) is 12.1 Å². The molecule has 2 aliphatic heterocycles. The normalized spacial score (nSPS) is 17.9. The Hall–Kier alpha value is -3.26. The molecule has 0 radical (unpaired) electrons. The number of carbonyl (C=O) groups excluding carboxylic acids is 2. The lowest BCUT2D eigenvalue weighted by Gasteiger charge is -2.32. The third-order valence-electron chi connectivity index (χ3n) is 7.27. The van der Waals surface area contributed by atoms with Gasteiger partial charge in [0.25, 0.3) is 0 Å². The summed E-state index contributed by atoms with van der Waals surface area (Å²) in [4.78, 5) is 26.8. The highest BCUT2D eigenvalue weighted by Gasteiger charge is 2.52. The predicted molar refractivity (Wildman–Crippen MR) is 142 cm³/mol. The third-order valence-corrected chi connectivity index (χ3v) is 9.08. The average Bonchev–Trinajstić information content (AvgIpc) is 3.22. The molecular weight excluding hydrogens is 511 g/mol. The van der Waals surface area contributed by atoms with Crippen molar-refractivity contribution in [2.45, 2.75) is 57.6 Å². The van der Waals surface area contributed by atoms with Gasteiger partial charge in [-0.3, -0.25) is 14.5 Å². The summed E-state index contributed by atoms with van der Waals surface area (Å²) in [5.41, 5.74) is 0.0471. The first kappa shape index (κ1) is 26.4. The van der Waals surface area contributed by atoms with Gasteiger partial charge in [0.05, 0.1) is 32.7 Å². The van der Waals surface area contributed by atoms with Gasteiger partial charge in [-0.25, -0.2) is 12.7 Å². The zero-order valence-corrected chi connectivity index (χ0v) is 23.3. The van der Waals surface area contributed by atoms with E-state index in [1.807, 2.05) is 27.7 Å². The van der Waals surface area contributed by atoms with Crippen molar-refractivity contribution in [3.63, 3.8) is 0 Å². The van der Waals surface area contributed by atoms with Gasteiger partial charge in [-0.1, -0.05) is 0 Å². The Morgan fingerprint density at radius 1 is 0.947 bits per heavy atom. The van der Waals surface area contributed by atoms with Crippen molar-refractivity contribution in [2.24, 2.45) is 0 Å². The molecule has 5 rings (SSSR count). The Balaban J connectivity index is 1.78. The Kier molecular flexibility index (Phi) is 5.81. The van der Waals surface area contributed by atoms with Crippen LogP contribution in [-0.4, -0.2) is 66.7 Å². The van der Waals surface area contributed by atoms with Crippen LogP contribution in [-0.2, 0) is 24.1 Å². The summed E-state index contributed by atoms with van der Waals surface area (Å²) in [6, 6.07) is 7.71. The lowest BCUT2D eigenvalue weighted by Crippen LogP contribution is -2.41. The van der Waals surface area contributed by atoms with Crippen molar-refractivity contribution in [2.75, 3.05) is 19.0 Å². The second-order valence-electron chi connectivity index (χ2n) is 10.6. The Bertz CT molecular complexity index is 1610. The quantitative estimate of drug-likeness (QED) is 0.465. The molecule has 11 nitrogen and oxygen atoms in total. The van der Waals surface area contributed by atoms with E-state index in [9.17, 15) is 18.0 Å². The zero-order valence-electron chi connectivity index (χ0n) is 22.5. The number of hydrogen-bond donors (Lipinski definition) is 0. The molecule has 2 aliphatic rings. The lowest BCUT2D eigenvalue weighted by atomic mass is 9.78. The summed E-state index contributed by atoms with van der Waals surface area (Å²) in [6.07, 6.45) is 0. The zero-order chi connectivity index (χ0) is 27.9. The van der Waals surface area contributed by atoms with Gasteiger partial charge < -0.3 is 14.0 Å². The van der Waals surface area contributed by atoms with Crippen molar-refractivity contribution in [3.05, 3.63) is 30.3 Å². The molecule has 1 aromatic heterocycles. The second kappa shape index (κ2) is 8.37. The number of benzene rings is 2. The van der Waals surface area contributed by atoms with Crippen LogP contribution in [0.25, 0.3) is 10.9 Å². The Labute approximate surface area is 221 Å². The maximum atomic E-state index is 12.9. The number of ether oxygens (including phenoxy) is 1.